The van der Waals surface area contributed by atoms with E-state index in [1.165, 1.54) is 29.5 Å². The van der Waals surface area contributed by atoms with Gasteiger partial charge in [0.25, 0.3) is 0 Å². The molecule has 6 heteroatoms. The number of ether oxygens (including phenoxy) is 1. The van der Waals surface area contributed by atoms with Crippen molar-refractivity contribution in [2.24, 2.45) is 0 Å². The molecule has 0 aliphatic carbocycles. The summed E-state index contributed by atoms with van der Waals surface area (Å²) in [6, 6.07) is 17.0. The average Bonchev–Trinajstić information content (AvgIpc) is 3.55. The first-order chi connectivity index (χ1) is 17.5. The zero-order valence-electron chi connectivity index (χ0n) is 23.0. The zero-order chi connectivity index (χ0) is 26.3. The van der Waals surface area contributed by atoms with E-state index in [9.17, 15) is 0 Å². The highest BCUT2D eigenvalue weighted by molar-refractivity contribution is 7.98. The molecule has 2 heterocycles. The molecule has 0 spiro atoms. The minimum Gasteiger partial charge on any atom is -0.389 e. The fraction of sp³-hybridized carbons (Fsp3) is 0.467. The van der Waals surface area contributed by atoms with Gasteiger partial charge in [-0.3, -0.25) is 4.57 Å². The van der Waals surface area contributed by atoms with Crippen LogP contribution in [0.2, 0.25) is 0 Å². The van der Waals surface area contributed by atoms with Crippen molar-refractivity contribution >= 4 is 11.8 Å². The lowest BCUT2D eigenvalue weighted by atomic mass is 10.1. The van der Waals surface area contributed by atoms with Gasteiger partial charge in [0.15, 0.2) is 5.16 Å². The monoisotopic (exact) mass is 508 g/mol. The summed E-state index contributed by atoms with van der Waals surface area (Å²) >= 11 is 1.74. The minimum absolute atomic E-state index is 0.502. The molecule has 1 aliphatic heterocycles. The van der Waals surface area contributed by atoms with Crippen LogP contribution in [0, 0.1) is 13.8 Å². The van der Waals surface area contributed by atoms with E-state index < -0.39 is 0 Å². The molecule has 3 aromatic rings. The molecule has 1 atom stereocenters. The van der Waals surface area contributed by atoms with Gasteiger partial charge >= 0.3 is 0 Å². The molecule has 1 aliphatic rings. The van der Waals surface area contributed by atoms with Crippen LogP contribution >= 0.6 is 11.8 Å². The van der Waals surface area contributed by atoms with E-state index in [-0.39, 0.29) is 0 Å². The molecule has 1 saturated heterocycles. The van der Waals surface area contributed by atoms with Gasteiger partial charge in [0.05, 0.1) is 6.10 Å². The molecular weight excluding hydrogens is 464 g/mol. The van der Waals surface area contributed by atoms with Gasteiger partial charge in [-0.2, -0.15) is 0 Å². The van der Waals surface area contributed by atoms with Crippen molar-refractivity contribution in [2.75, 3.05) is 13.2 Å². The van der Waals surface area contributed by atoms with Crippen LogP contribution in [0.1, 0.15) is 69.5 Å². The molecule has 196 valence electrons. The molecule has 0 radical (unpaired) electrons. The number of thioether (sulfide) groups is 1. The maximum Gasteiger partial charge on any atom is 0.196 e. The first kappa shape index (κ1) is 29.7. The Labute approximate surface area is 222 Å². The Hall–Kier alpha value is -2.57. The smallest absolute Gasteiger partial charge is 0.196 e. The molecule has 5 nitrogen and oxygen atoms in total. The molecule has 1 fully saturated rings. The highest BCUT2D eigenvalue weighted by atomic mass is 32.2. The maximum atomic E-state index is 5.47. The van der Waals surface area contributed by atoms with Crippen LogP contribution < -0.4 is 5.32 Å². The third-order valence-corrected chi connectivity index (χ3v) is 6.79. The number of hydrogen-bond acceptors (Lipinski definition) is 5. The van der Waals surface area contributed by atoms with Crippen LogP contribution in [0.25, 0.3) is 5.69 Å². The number of aromatic nitrogens is 3. The molecule has 36 heavy (non-hydrogen) atoms. The van der Waals surface area contributed by atoms with Gasteiger partial charge in [-0.05, 0) is 68.9 Å². The molecule has 1 N–H and O–H groups in total. The van der Waals surface area contributed by atoms with Crippen molar-refractivity contribution in [3.8, 4) is 5.69 Å². The van der Waals surface area contributed by atoms with E-state index in [1.54, 1.807) is 11.8 Å². The summed E-state index contributed by atoms with van der Waals surface area (Å²) < 4.78 is 7.64. The second kappa shape index (κ2) is 16.2. The van der Waals surface area contributed by atoms with Crippen LogP contribution in [0.5, 0.6) is 0 Å². The Morgan fingerprint density at radius 3 is 2.56 bits per heavy atom. The lowest BCUT2D eigenvalue weighted by molar-refractivity contribution is 0.105. The standard InChI is InChI=1S/C19H21N3S.C9H17NO.C2H6/c1-4-18-20-21-19(22(18)17-11-7-8-14(2)12-17)23-13-16-10-6-5-9-15(16)3;1-8(2)10-6-5-9-4-3-7-11-9;1-2/h5-12H,4,13H2,1-3H3;9-10H,1,3-7H2,2H3;1-2H3. The third-order valence-electron chi connectivity index (χ3n) is 5.81. The lowest BCUT2D eigenvalue weighted by Gasteiger charge is -2.10. The highest BCUT2D eigenvalue weighted by Gasteiger charge is 2.15. The number of aryl methyl sites for hydroxylation is 3. The summed E-state index contributed by atoms with van der Waals surface area (Å²) in [5, 5.41) is 12.9. The van der Waals surface area contributed by atoms with Crippen LogP contribution in [0.15, 0.2) is 66.0 Å². The molecule has 0 bridgehead atoms. The van der Waals surface area contributed by atoms with E-state index >= 15 is 0 Å². The molecule has 4 rings (SSSR count). The van der Waals surface area contributed by atoms with E-state index in [0.717, 1.165) is 54.1 Å². The quantitative estimate of drug-likeness (QED) is 0.304. The van der Waals surface area contributed by atoms with Crippen LogP contribution in [-0.2, 0) is 16.9 Å². The van der Waals surface area contributed by atoms with Gasteiger partial charge in [0, 0.05) is 36.7 Å². The minimum atomic E-state index is 0.502. The number of hydrogen-bond donors (Lipinski definition) is 1. The summed E-state index contributed by atoms with van der Waals surface area (Å²) in [5.41, 5.74) is 6.09. The number of rotatable bonds is 9. The molecule has 2 aromatic carbocycles. The fourth-order valence-corrected chi connectivity index (χ4v) is 4.93. The lowest BCUT2D eigenvalue weighted by Crippen LogP contribution is -2.17. The number of allylic oxidation sites excluding steroid dienone is 1. The van der Waals surface area contributed by atoms with Gasteiger partial charge in [-0.15, -0.1) is 10.2 Å². The van der Waals surface area contributed by atoms with Crippen molar-refractivity contribution in [3.05, 3.63) is 83.3 Å². The summed E-state index contributed by atoms with van der Waals surface area (Å²) in [4.78, 5) is 0. The molecular formula is C30H44N4OS. The van der Waals surface area contributed by atoms with Gasteiger partial charge < -0.3 is 10.1 Å². The summed E-state index contributed by atoms with van der Waals surface area (Å²) in [5.74, 6) is 1.91. The van der Waals surface area contributed by atoms with Crippen molar-refractivity contribution in [1.82, 2.24) is 20.1 Å². The van der Waals surface area contributed by atoms with Gasteiger partial charge in [-0.25, -0.2) is 0 Å². The Morgan fingerprint density at radius 2 is 1.92 bits per heavy atom. The molecule has 0 amide bonds. The predicted octanol–water partition coefficient (Wildman–Crippen LogP) is 7.44. The Balaban J connectivity index is 0.000000295. The van der Waals surface area contributed by atoms with E-state index in [0.29, 0.717) is 6.10 Å². The summed E-state index contributed by atoms with van der Waals surface area (Å²) in [7, 11) is 0. The Bertz CT molecular complexity index is 1060. The van der Waals surface area contributed by atoms with Crippen molar-refractivity contribution < 1.29 is 4.74 Å². The SMILES string of the molecule is C=C(C)NCCC1CCCO1.CC.CCc1nnc(SCc2ccccc2C)n1-c1cccc(C)c1. The van der Waals surface area contributed by atoms with Gasteiger partial charge in [0.1, 0.15) is 5.82 Å². The van der Waals surface area contributed by atoms with Crippen LogP contribution in [-0.4, -0.2) is 34.0 Å². The molecule has 0 saturated carbocycles. The average molecular weight is 509 g/mol. The highest BCUT2D eigenvalue weighted by Crippen LogP contribution is 2.27. The second-order valence-electron chi connectivity index (χ2n) is 8.77. The normalized spacial score (nSPS) is 14.3. The largest absolute Gasteiger partial charge is 0.389 e. The number of nitrogens with zero attached hydrogens (tertiary/aromatic N) is 3. The van der Waals surface area contributed by atoms with Gasteiger partial charge in [-0.1, -0.05) is 75.5 Å². The summed E-state index contributed by atoms with van der Waals surface area (Å²) in [6.45, 7) is 18.1. The summed E-state index contributed by atoms with van der Waals surface area (Å²) in [6.07, 6.45) is 4.95. The Kier molecular flexibility index (Phi) is 13.4. The van der Waals surface area contributed by atoms with Crippen LogP contribution in [0.4, 0.5) is 0 Å². The van der Waals surface area contributed by atoms with Crippen molar-refractivity contribution in [2.45, 2.75) is 84.2 Å². The fourth-order valence-electron chi connectivity index (χ4n) is 3.88. The molecule has 1 aromatic heterocycles. The topological polar surface area (TPSA) is 52.0 Å². The van der Waals surface area contributed by atoms with Crippen molar-refractivity contribution in [1.29, 1.82) is 0 Å². The van der Waals surface area contributed by atoms with Crippen LogP contribution in [0.3, 0.4) is 0 Å². The predicted molar refractivity (Wildman–Crippen MR) is 154 cm³/mol. The second-order valence-corrected chi connectivity index (χ2v) is 9.72. The van der Waals surface area contributed by atoms with E-state index in [2.05, 4.69) is 96.0 Å². The Morgan fingerprint density at radius 1 is 1.14 bits per heavy atom. The number of benzene rings is 2. The van der Waals surface area contributed by atoms with Gasteiger partial charge in [0.2, 0.25) is 0 Å². The zero-order valence-corrected chi connectivity index (χ0v) is 23.8. The van der Waals surface area contributed by atoms with Crippen molar-refractivity contribution in [3.63, 3.8) is 0 Å². The first-order valence-electron chi connectivity index (χ1n) is 13.2. The number of nitrogens with one attached hydrogen (secondary N) is 1. The molecule has 1 unspecified atom stereocenters. The van der Waals surface area contributed by atoms with E-state index in [4.69, 9.17) is 4.74 Å². The first-order valence-corrected chi connectivity index (χ1v) is 14.2. The van der Waals surface area contributed by atoms with E-state index in [1.807, 2.05) is 20.8 Å². The third kappa shape index (κ3) is 9.47. The maximum absolute atomic E-state index is 5.47.